The number of carbonyl (C=O) groups is 1. The Kier molecular flexibility index (Phi) is 5.43. The van der Waals surface area contributed by atoms with E-state index in [9.17, 15) is 13.6 Å². The minimum atomic E-state index is -2.94. The zero-order valence-electron chi connectivity index (χ0n) is 13.6. The predicted molar refractivity (Wildman–Crippen MR) is 94.0 cm³/mol. The van der Waals surface area contributed by atoms with Gasteiger partial charge in [-0.1, -0.05) is 24.3 Å². The highest BCUT2D eigenvalue weighted by molar-refractivity contribution is 6.04. The van der Waals surface area contributed by atoms with Crippen molar-refractivity contribution in [2.24, 2.45) is 0 Å². The Bertz CT molecular complexity index is 868. The third-order valence-corrected chi connectivity index (χ3v) is 3.41. The molecule has 3 aromatic carbocycles. The van der Waals surface area contributed by atoms with Crippen molar-refractivity contribution in [2.45, 2.75) is 6.61 Å². The second kappa shape index (κ2) is 8.11. The van der Waals surface area contributed by atoms with Crippen LogP contribution in [-0.2, 0) is 0 Å². The lowest BCUT2D eigenvalue weighted by Crippen LogP contribution is -2.12. The topological polar surface area (TPSA) is 47.6 Å². The Morgan fingerprint density at radius 3 is 2.15 bits per heavy atom. The van der Waals surface area contributed by atoms with Gasteiger partial charge in [0.1, 0.15) is 17.2 Å². The standard InChI is InChI=1S/C20H15F2NO3/c21-20(22)26-18-8-4-5-14(13-18)19(24)23-15-9-11-17(12-10-15)25-16-6-2-1-3-7-16/h1-13,20H,(H,23,24). The zero-order valence-corrected chi connectivity index (χ0v) is 13.6. The van der Waals surface area contributed by atoms with E-state index in [0.717, 1.165) is 0 Å². The van der Waals surface area contributed by atoms with Crippen LogP contribution in [0.2, 0.25) is 0 Å². The molecule has 6 heteroatoms. The summed E-state index contributed by atoms with van der Waals surface area (Å²) in [6.07, 6.45) is 0. The van der Waals surface area contributed by atoms with E-state index in [1.54, 1.807) is 24.3 Å². The molecule has 132 valence electrons. The number of para-hydroxylation sites is 1. The first-order valence-corrected chi connectivity index (χ1v) is 7.79. The molecule has 3 aromatic rings. The highest BCUT2D eigenvalue weighted by Crippen LogP contribution is 2.23. The van der Waals surface area contributed by atoms with Crippen LogP contribution in [0.3, 0.4) is 0 Å². The van der Waals surface area contributed by atoms with Crippen molar-refractivity contribution >= 4 is 11.6 Å². The molecule has 0 atom stereocenters. The minimum absolute atomic E-state index is 0.0701. The Morgan fingerprint density at radius 1 is 0.808 bits per heavy atom. The molecular formula is C20H15F2NO3. The number of hydrogen-bond donors (Lipinski definition) is 1. The molecule has 26 heavy (non-hydrogen) atoms. The summed E-state index contributed by atoms with van der Waals surface area (Å²) < 4.78 is 34.5. The van der Waals surface area contributed by atoms with E-state index in [1.807, 2.05) is 30.3 Å². The molecule has 1 N–H and O–H groups in total. The van der Waals surface area contributed by atoms with Gasteiger partial charge in [-0.05, 0) is 54.6 Å². The number of halogens is 2. The summed E-state index contributed by atoms with van der Waals surface area (Å²) in [6, 6.07) is 21.7. The number of anilines is 1. The van der Waals surface area contributed by atoms with Gasteiger partial charge < -0.3 is 14.8 Å². The molecule has 1 amide bonds. The molecule has 3 rings (SSSR count). The van der Waals surface area contributed by atoms with Crippen molar-refractivity contribution in [3.8, 4) is 17.2 Å². The average molecular weight is 355 g/mol. The average Bonchev–Trinajstić information content (AvgIpc) is 2.64. The molecule has 0 saturated heterocycles. The van der Waals surface area contributed by atoms with Crippen LogP contribution in [0.25, 0.3) is 0 Å². The molecule has 0 radical (unpaired) electrons. The quantitative estimate of drug-likeness (QED) is 0.650. The number of nitrogens with one attached hydrogen (secondary N) is 1. The molecular weight excluding hydrogens is 340 g/mol. The van der Waals surface area contributed by atoms with Crippen LogP contribution in [0.5, 0.6) is 17.2 Å². The third kappa shape index (κ3) is 4.80. The first kappa shape index (κ1) is 17.4. The number of benzene rings is 3. The van der Waals surface area contributed by atoms with Gasteiger partial charge in [-0.3, -0.25) is 4.79 Å². The molecule has 0 unspecified atom stereocenters. The molecule has 0 aliphatic rings. The Labute approximate surface area is 149 Å². The first-order chi connectivity index (χ1) is 12.6. The molecule has 0 bridgehead atoms. The van der Waals surface area contributed by atoms with E-state index < -0.39 is 12.5 Å². The van der Waals surface area contributed by atoms with Gasteiger partial charge in [0.05, 0.1) is 0 Å². The van der Waals surface area contributed by atoms with Crippen LogP contribution in [0.4, 0.5) is 14.5 Å². The Balaban J connectivity index is 1.64. The van der Waals surface area contributed by atoms with Gasteiger partial charge in [0.25, 0.3) is 5.91 Å². The van der Waals surface area contributed by atoms with Crippen LogP contribution in [0.1, 0.15) is 10.4 Å². The maximum absolute atomic E-state index is 12.3. The molecule has 0 aliphatic carbocycles. The molecule has 4 nitrogen and oxygen atoms in total. The monoisotopic (exact) mass is 355 g/mol. The zero-order chi connectivity index (χ0) is 18.4. The fraction of sp³-hybridized carbons (Fsp3) is 0.0500. The van der Waals surface area contributed by atoms with Crippen LogP contribution in [0.15, 0.2) is 78.9 Å². The lowest BCUT2D eigenvalue weighted by molar-refractivity contribution is -0.0498. The van der Waals surface area contributed by atoms with E-state index in [-0.39, 0.29) is 11.3 Å². The molecule has 0 aliphatic heterocycles. The lowest BCUT2D eigenvalue weighted by atomic mass is 10.2. The first-order valence-electron chi connectivity index (χ1n) is 7.79. The summed E-state index contributed by atoms with van der Waals surface area (Å²) in [6.45, 7) is -2.94. The number of hydrogen-bond acceptors (Lipinski definition) is 3. The van der Waals surface area contributed by atoms with Gasteiger partial charge in [-0.2, -0.15) is 8.78 Å². The maximum Gasteiger partial charge on any atom is 0.387 e. The fourth-order valence-corrected chi connectivity index (χ4v) is 2.25. The predicted octanol–water partition coefficient (Wildman–Crippen LogP) is 5.33. The van der Waals surface area contributed by atoms with Crippen LogP contribution >= 0.6 is 0 Å². The summed E-state index contributed by atoms with van der Waals surface area (Å²) in [4.78, 5) is 12.2. The highest BCUT2D eigenvalue weighted by atomic mass is 19.3. The van der Waals surface area contributed by atoms with Gasteiger partial charge >= 0.3 is 6.61 Å². The number of amides is 1. The van der Waals surface area contributed by atoms with Crippen LogP contribution in [-0.4, -0.2) is 12.5 Å². The van der Waals surface area contributed by atoms with Gasteiger partial charge in [-0.25, -0.2) is 0 Å². The second-order valence-electron chi connectivity index (χ2n) is 5.30. The van der Waals surface area contributed by atoms with Gasteiger partial charge in [-0.15, -0.1) is 0 Å². The largest absolute Gasteiger partial charge is 0.457 e. The normalized spacial score (nSPS) is 10.4. The van der Waals surface area contributed by atoms with Crippen molar-refractivity contribution < 1.29 is 23.0 Å². The highest BCUT2D eigenvalue weighted by Gasteiger charge is 2.10. The summed E-state index contributed by atoms with van der Waals surface area (Å²) in [5.74, 6) is 0.836. The van der Waals surface area contributed by atoms with Crippen molar-refractivity contribution in [1.29, 1.82) is 0 Å². The molecule has 0 aromatic heterocycles. The van der Waals surface area contributed by atoms with E-state index >= 15 is 0 Å². The molecule has 0 heterocycles. The maximum atomic E-state index is 12.3. The number of rotatable bonds is 6. The molecule has 0 fully saturated rings. The number of carbonyl (C=O) groups excluding carboxylic acids is 1. The van der Waals surface area contributed by atoms with Gasteiger partial charge in [0.2, 0.25) is 0 Å². The van der Waals surface area contributed by atoms with Gasteiger partial charge in [0, 0.05) is 11.3 Å². The third-order valence-electron chi connectivity index (χ3n) is 3.41. The summed E-state index contributed by atoms with van der Waals surface area (Å²) >= 11 is 0. The second-order valence-corrected chi connectivity index (χ2v) is 5.30. The molecule has 0 spiro atoms. The lowest BCUT2D eigenvalue weighted by Gasteiger charge is -2.09. The Morgan fingerprint density at radius 2 is 1.46 bits per heavy atom. The van der Waals surface area contributed by atoms with Gasteiger partial charge in [0.15, 0.2) is 0 Å². The van der Waals surface area contributed by atoms with E-state index in [1.165, 1.54) is 24.3 Å². The fourth-order valence-electron chi connectivity index (χ4n) is 2.25. The smallest absolute Gasteiger partial charge is 0.387 e. The van der Waals surface area contributed by atoms with Crippen molar-refractivity contribution in [3.63, 3.8) is 0 Å². The van der Waals surface area contributed by atoms with Crippen molar-refractivity contribution in [1.82, 2.24) is 0 Å². The number of alkyl halides is 2. The van der Waals surface area contributed by atoms with E-state index in [2.05, 4.69) is 10.1 Å². The summed E-state index contributed by atoms with van der Waals surface area (Å²) in [5, 5.41) is 2.69. The van der Waals surface area contributed by atoms with Crippen molar-refractivity contribution in [2.75, 3.05) is 5.32 Å². The SMILES string of the molecule is O=C(Nc1ccc(Oc2ccccc2)cc1)c1cccc(OC(F)F)c1. The Hall–Kier alpha value is -3.41. The van der Waals surface area contributed by atoms with Crippen LogP contribution in [0, 0.1) is 0 Å². The molecule has 0 saturated carbocycles. The number of ether oxygens (including phenoxy) is 2. The van der Waals surface area contributed by atoms with E-state index in [0.29, 0.717) is 17.2 Å². The van der Waals surface area contributed by atoms with E-state index in [4.69, 9.17) is 4.74 Å². The minimum Gasteiger partial charge on any atom is -0.457 e. The summed E-state index contributed by atoms with van der Waals surface area (Å²) in [7, 11) is 0. The van der Waals surface area contributed by atoms with Crippen molar-refractivity contribution in [3.05, 3.63) is 84.4 Å². The van der Waals surface area contributed by atoms with Crippen LogP contribution < -0.4 is 14.8 Å². The summed E-state index contributed by atoms with van der Waals surface area (Å²) in [5.41, 5.74) is 0.767.